The fraction of sp³-hybridized carbons (Fsp3) is 0.125. The summed E-state index contributed by atoms with van der Waals surface area (Å²) in [6.07, 6.45) is 0. The van der Waals surface area contributed by atoms with E-state index in [9.17, 15) is 0 Å². The summed E-state index contributed by atoms with van der Waals surface area (Å²) >= 11 is 3.48. The summed E-state index contributed by atoms with van der Waals surface area (Å²) in [4.78, 5) is 12.5. The zero-order chi connectivity index (χ0) is 22.9. The minimum atomic E-state index is 0.344. The van der Waals surface area contributed by atoms with Gasteiger partial charge in [-0.1, -0.05) is 45.4 Å². The van der Waals surface area contributed by atoms with E-state index < -0.39 is 0 Å². The molecule has 1 N–H and O–H groups in total. The smallest absolute Gasteiger partial charge is 0.258 e. The fourth-order valence-electron chi connectivity index (χ4n) is 3.56. The first-order chi connectivity index (χ1) is 16.1. The van der Waals surface area contributed by atoms with Crippen LogP contribution in [0.3, 0.4) is 0 Å². The van der Waals surface area contributed by atoms with Crippen LogP contribution in [-0.4, -0.2) is 41.4 Å². The average molecular weight is 507 g/mol. The van der Waals surface area contributed by atoms with Crippen LogP contribution < -0.4 is 14.2 Å². The summed E-state index contributed by atoms with van der Waals surface area (Å²) in [5.74, 6) is 3.12. The number of fused-ring (bicyclic) bond motifs is 1. The molecule has 0 saturated carbocycles. The van der Waals surface area contributed by atoms with Crippen LogP contribution in [-0.2, 0) is 0 Å². The number of nitrogens with zero attached hydrogens (tertiary/aromatic N) is 3. The molecule has 0 spiro atoms. The molecule has 0 atom stereocenters. The van der Waals surface area contributed by atoms with Crippen LogP contribution in [0.2, 0.25) is 0 Å². The molecule has 0 unspecified atom stereocenters. The predicted molar refractivity (Wildman–Crippen MR) is 128 cm³/mol. The molecule has 9 heteroatoms. The maximum atomic E-state index is 5.51. The van der Waals surface area contributed by atoms with Gasteiger partial charge in [-0.2, -0.15) is 4.98 Å². The van der Waals surface area contributed by atoms with E-state index in [1.54, 1.807) is 33.5 Å². The monoisotopic (exact) mass is 506 g/mol. The van der Waals surface area contributed by atoms with E-state index in [1.165, 1.54) is 0 Å². The Morgan fingerprint density at radius 1 is 0.788 bits per heavy atom. The normalized spacial score (nSPS) is 11.0. The zero-order valence-corrected chi connectivity index (χ0v) is 19.6. The number of imidazole rings is 1. The quantitative estimate of drug-likeness (QED) is 0.313. The topological polar surface area (TPSA) is 95.3 Å². The van der Waals surface area contributed by atoms with E-state index >= 15 is 0 Å². The lowest BCUT2D eigenvalue weighted by Gasteiger charge is -2.12. The number of ether oxygens (including phenoxy) is 3. The number of halogens is 1. The highest BCUT2D eigenvalue weighted by Crippen LogP contribution is 2.41. The van der Waals surface area contributed by atoms with Gasteiger partial charge in [0.1, 0.15) is 5.82 Å². The Morgan fingerprint density at radius 3 is 2.15 bits per heavy atom. The van der Waals surface area contributed by atoms with Gasteiger partial charge in [0.05, 0.1) is 32.4 Å². The maximum absolute atomic E-state index is 5.51. The highest BCUT2D eigenvalue weighted by molar-refractivity contribution is 9.10. The average Bonchev–Trinajstić information content (AvgIpc) is 3.50. The highest BCUT2D eigenvalue weighted by atomic mass is 79.9. The molecule has 0 saturated heterocycles. The van der Waals surface area contributed by atoms with Gasteiger partial charge in [0, 0.05) is 21.2 Å². The Balaban J connectivity index is 1.44. The molecular weight excluding hydrogens is 488 g/mol. The van der Waals surface area contributed by atoms with Crippen LogP contribution in [0.5, 0.6) is 17.2 Å². The van der Waals surface area contributed by atoms with Gasteiger partial charge < -0.3 is 23.7 Å². The van der Waals surface area contributed by atoms with Gasteiger partial charge in [0.25, 0.3) is 5.89 Å². The lowest BCUT2D eigenvalue weighted by Crippen LogP contribution is -1.95. The Bertz CT molecular complexity index is 1420. The third-order valence-corrected chi connectivity index (χ3v) is 5.69. The first-order valence-corrected chi connectivity index (χ1v) is 10.8. The van der Waals surface area contributed by atoms with Gasteiger partial charge >= 0.3 is 0 Å². The largest absolute Gasteiger partial charge is 0.493 e. The van der Waals surface area contributed by atoms with Gasteiger partial charge in [-0.15, -0.1) is 0 Å². The number of hydrogen-bond donors (Lipinski definition) is 1. The first kappa shape index (κ1) is 21.0. The second-order valence-electron chi connectivity index (χ2n) is 7.16. The van der Waals surface area contributed by atoms with Gasteiger partial charge in [-0.3, -0.25) is 0 Å². The molecule has 0 radical (unpaired) electrons. The van der Waals surface area contributed by atoms with E-state index in [4.69, 9.17) is 18.7 Å². The van der Waals surface area contributed by atoms with E-state index in [0.29, 0.717) is 34.5 Å². The number of benzene rings is 3. The van der Waals surface area contributed by atoms with E-state index in [0.717, 1.165) is 32.5 Å². The van der Waals surface area contributed by atoms with Crippen molar-refractivity contribution in [1.82, 2.24) is 20.1 Å². The maximum Gasteiger partial charge on any atom is 0.258 e. The third-order valence-electron chi connectivity index (χ3n) is 5.20. The van der Waals surface area contributed by atoms with Crippen LogP contribution in [0.15, 0.2) is 63.6 Å². The molecule has 33 heavy (non-hydrogen) atoms. The minimum Gasteiger partial charge on any atom is -0.493 e. The van der Waals surface area contributed by atoms with Crippen LogP contribution in [0.25, 0.3) is 45.3 Å². The van der Waals surface area contributed by atoms with Crippen molar-refractivity contribution in [2.24, 2.45) is 0 Å². The molecule has 3 aromatic carbocycles. The molecule has 0 fully saturated rings. The van der Waals surface area contributed by atoms with Crippen LogP contribution >= 0.6 is 15.9 Å². The van der Waals surface area contributed by atoms with E-state index in [1.807, 2.05) is 42.5 Å². The van der Waals surface area contributed by atoms with Crippen LogP contribution in [0.4, 0.5) is 0 Å². The fourth-order valence-corrected chi connectivity index (χ4v) is 3.92. The molecule has 166 valence electrons. The third kappa shape index (κ3) is 3.91. The molecule has 0 aliphatic heterocycles. The minimum absolute atomic E-state index is 0.344. The van der Waals surface area contributed by atoms with Gasteiger partial charge in [-0.25, -0.2) is 4.98 Å². The standard InChI is InChI=1S/C24H19BrN4O4/c1-30-19-10-15(11-20(31-2)21(19)32-3)24-28-23(29-33-24)14-6-4-13(5-7-14)22-26-17-9-8-16(25)12-18(17)27-22/h4-12H,1-3H3,(H,26,27). The molecule has 0 amide bonds. The molecule has 8 nitrogen and oxygen atoms in total. The number of aromatic nitrogens is 4. The number of H-pyrrole nitrogens is 1. The number of methoxy groups -OCH3 is 3. The van der Waals surface area contributed by atoms with Crippen molar-refractivity contribution in [3.05, 3.63) is 59.1 Å². The Labute approximate surface area is 197 Å². The van der Waals surface area contributed by atoms with Crippen molar-refractivity contribution in [3.8, 4) is 51.5 Å². The van der Waals surface area contributed by atoms with Crippen molar-refractivity contribution in [3.63, 3.8) is 0 Å². The highest BCUT2D eigenvalue weighted by Gasteiger charge is 2.18. The predicted octanol–water partition coefficient (Wildman–Crippen LogP) is 5.74. The summed E-state index contributed by atoms with van der Waals surface area (Å²) in [7, 11) is 4.67. The van der Waals surface area contributed by atoms with Gasteiger partial charge in [0.2, 0.25) is 11.6 Å². The summed E-state index contributed by atoms with van der Waals surface area (Å²) in [6.45, 7) is 0. The summed E-state index contributed by atoms with van der Waals surface area (Å²) in [5, 5.41) is 4.14. The molecule has 5 aromatic rings. The SMILES string of the molecule is COc1cc(-c2nc(-c3ccc(-c4nc5ccc(Br)cc5[nH]4)cc3)no2)cc(OC)c1OC. The first-order valence-electron chi connectivity index (χ1n) is 9.99. The van der Waals surface area contributed by atoms with Crippen molar-refractivity contribution in [1.29, 1.82) is 0 Å². The Kier molecular flexibility index (Phi) is 5.47. The summed E-state index contributed by atoms with van der Waals surface area (Å²) < 4.78 is 22.7. The lowest BCUT2D eigenvalue weighted by molar-refractivity contribution is 0.324. The number of nitrogens with one attached hydrogen (secondary N) is 1. The Hall–Kier alpha value is -3.85. The van der Waals surface area contributed by atoms with Gasteiger partial charge in [-0.05, 0) is 30.3 Å². The van der Waals surface area contributed by atoms with Crippen LogP contribution in [0, 0.1) is 0 Å². The Morgan fingerprint density at radius 2 is 1.48 bits per heavy atom. The van der Waals surface area contributed by atoms with Crippen molar-refractivity contribution in [2.45, 2.75) is 0 Å². The molecule has 2 aromatic heterocycles. The molecule has 2 heterocycles. The molecule has 5 rings (SSSR count). The van der Waals surface area contributed by atoms with E-state index in [2.05, 4.69) is 36.0 Å². The number of hydrogen-bond acceptors (Lipinski definition) is 7. The summed E-state index contributed by atoms with van der Waals surface area (Å²) in [5.41, 5.74) is 4.31. The molecule has 0 aliphatic rings. The second kappa shape index (κ2) is 8.59. The number of rotatable bonds is 6. The molecule has 0 aliphatic carbocycles. The van der Waals surface area contributed by atoms with E-state index in [-0.39, 0.29) is 0 Å². The van der Waals surface area contributed by atoms with Crippen molar-refractivity contribution >= 4 is 27.0 Å². The molecular formula is C24H19BrN4O4. The van der Waals surface area contributed by atoms with Crippen molar-refractivity contribution < 1.29 is 18.7 Å². The van der Waals surface area contributed by atoms with Crippen molar-refractivity contribution in [2.75, 3.05) is 21.3 Å². The number of aromatic amines is 1. The van der Waals surface area contributed by atoms with Gasteiger partial charge in [0.15, 0.2) is 11.5 Å². The molecule has 0 bridgehead atoms. The second-order valence-corrected chi connectivity index (χ2v) is 8.08. The summed E-state index contributed by atoms with van der Waals surface area (Å²) in [6, 6.07) is 17.3. The zero-order valence-electron chi connectivity index (χ0n) is 18.0. The van der Waals surface area contributed by atoms with Crippen LogP contribution in [0.1, 0.15) is 0 Å². The lowest BCUT2D eigenvalue weighted by atomic mass is 10.1.